The van der Waals surface area contributed by atoms with Crippen molar-refractivity contribution < 1.29 is 27.5 Å². The molecule has 1 fully saturated rings. The second-order valence-electron chi connectivity index (χ2n) is 6.83. The lowest BCUT2D eigenvalue weighted by Gasteiger charge is -2.33. The second-order valence-corrected chi connectivity index (χ2v) is 8.76. The van der Waals surface area contributed by atoms with Crippen LogP contribution < -0.4 is 4.74 Å². The lowest BCUT2D eigenvalue weighted by Crippen LogP contribution is -2.44. The van der Waals surface area contributed by atoms with Crippen molar-refractivity contribution in [1.29, 1.82) is 0 Å². The van der Waals surface area contributed by atoms with Crippen molar-refractivity contribution in [1.82, 2.24) is 9.21 Å². The number of carbonyl (C=O) groups is 2. The first kappa shape index (κ1) is 23.2. The van der Waals surface area contributed by atoms with E-state index in [0.29, 0.717) is 51.4 Å². The van der Waals surface area contributed by atoms with Crippen LogP contribution in [-0.2, 0) is 24.3 Å². The van der Waals surface area contributed by atoms with Crippen LogP contribution in [0.15, 0.2) is 29.2 Å². The zero-order chi connectivity index (χ0) is 21.4. The molecule has 1 aromatic carbocycles. The lowest BCUT2D eigenvalue weighted by atomic mass is 9.96. The number of ether oxygens (including phenoxy) is 2. The minimum Gasteiger partial charge on any atom is -0.494 e. The fraction of sp³-hybridized carbons (Fsp3) is 0.600. The third-order valence-electron chi connectivity index (χ3n) is 5.08. The number of carbonyl (C=O) groups excluding carboxylic acids is 2. The van der Waals surface area contributed by atoms with E-state index < -0.39 is 10.0 Å². The van der Waals surface area contributed by atoms with Gasteiger partial charge in [0, 0.05) is 32.1 Å². The van der Waals surface area contributed by atoms with E-state index in [0.717, 1.165) is 0 Å². The summed E-state index contributed by atoms with van der Waals surface area (Å²) in [5.74, 6) is 0.00350. The second kappa shape index (κ2) is 10.6. The number of piperidine rings is 1. The van der Waals surface area contributed by atoms with Gasteiger partial charge in [0.2, 0.25) is 15.9 Å². The van der Waals surface area contributed by atoms with Crippen LogP contribution in [0.25, 0.3) is 0 Å². The van der Waals surface area contributed by atoms with Crippen LogP contribution in [0.3, 0.4) is 0 Å². The quantitative estimate of drug-likeness (QED) is 0.560. The molecule has 1 saturated heterocycles. The summed E-state index contributed by atoms with van der Waals surface area (Å²) in [5.41, 5.74) is 0. The fourth-order valence-electron chi connectivity index (χ4n) is 3.38. The molecule has 29 heavy (non-hydrogen) atoms. The molecule has 0 spiro atoms. The number of sulfonamides is 1. The fourth-order valence-corrected chi connectivity index (χ4v) is 4.85. The average molecular weight is 427 g/mol. The van der Waals surface area contributed by atoms with E-state index in [9.17, 15) is 18.0 Å². The summed E-state index contributed by atoms with van der Waals surface area (Å²) in [4.78, 5) is 25.9. The molecule has 162 valence electrons. The Labute approximate surface area is 172 Å². The highest BCUT2D eigenvalue weighted by Crippen LogP contribution is 2.26. The van der Waals surface area contributed by atoms with Crippen molar-refractivity contribution in [2.45, 2.75) is 38.0 Å². The molecule has 8 nitrogen and oxygen atoms in total. The molecular formula is C20H30N2O6S. The van der Waals surface area contributed by atoms with Gasteiger partial charge in [-0.1, -0.05) is 0 Å². The van der Waals surface area contributed by atoms with Crippen LogP contribution >= 0.6 is 0 Å². The van der Waals surface area contributed by atoms with E-state index in [1.165, 1.54) is 11.4 Å². The average Bonchev–Trinajstić information content (AvgIpc) is 2.74. The Bertz CT molecular complexity index is 786. The van der Waals surface area contributed by atoms with Crippen LogP contribution in [0.4, 0.5) is 0 Å². The number of hydrogen-bond acceptors (Lipinski definition) is 6. The minimum atomic E-state index is -3.60. The van der Waals surface area contributed by atoms with Gasteiger partial charge in [0.25, 0.3) is 0 Å². The Balaban J connectivity index is 1.96. The summed E-state index contributed by atoms with van der Waals surface area (Å²) in [6, 6.07) is 6.38. The third-order valence-corrected chi connectivity index (χ3v) is 7.00. The lowest BCUT2D eigenvalue weighted by molar-refractivity contribution is -0.142. The Hall–Kier alpha value is -2.13. The van der Waals surface area contributed by atoms with Crippen molar-refractivity contribution in [2.24, 2.45) is 5.92 Å². The van der Waals surface area contributed by atoms with Crippen molar-refractivity contribution in [3.63, 3.8) is 0 Å². The van der Waals surface area contributed by atoms with Gasteiger partial charge < -0.3 is 14.4 Å². The summed E-state index contributed by atoms with van der Waals surface area (Å²) in [6.45, 7) is 5.64. The van der Waals surface area contributed by atoms with Crippen LogP contribution in [0.5, 0.6) is 5.75 Å². The molecule has 0 atom stereocenters. The molecule has 0 unspecified atom stereocenters. The number of benzene rings is 1. The Kier molecular flexibility index (Phi) is 8.45. The Morgan fingerprint density at radius 1 is 1.14 bits per heavy atom. The minimum absolute atomic E-state index is 0.0329. The zero-order valence-corrected chi connectivity index (χ0v) is 18.1. The number of methoxy groups -OCH3 is 1. The van der Waals surface area contributed by atoms with Crippen molar-refractivity contribution >= 4 is 21.9 Å². The number of amides is 1. The van der Waals surface area contributed by atoms with Gasteiger partial charge in [0.15, 0.2) is 0 Å². The summed E-state index contributed by atoms with van der Waals surface area (Å²) in [7, 11) is -2.28. The van der Waals surface area contributed by atoms with E-state index in [-0.39, 0.29) is 29.1 Å². The topological polar surface area (TPSA) is 93.2 Å². The maximum absolute atomic E-state index is 12.9. The molecule has 0 bridgehead atoms. The summed E-state index contributed by atoms with van der Waals surface area (Å²) < 4.78 is 37.2. The summed E-state index contributed by atoms with van der Waals surface area (Å²) >= 11 is 0. The highest BCUT2D eigenvalue weighted by molar-refractivity contribution is 7.89. The van der Waals surface area contributed by atoms with Gasteiger partial charge in [0.05, 0.1) is 25.0 Å². The highest BCUT2D eigenvalue weighted by Gasteiger charge is 2.33. The Morgan fingerprint density at radius 2 is 1.76 bits per heavy atom. The van der Waals surface area contributed by atoms with Crippen LogP contribution in [0.2, 0.25) is 0 Å². The van der Waals surface area contributed by atoms with Crippen molar-refractivity contribution in [3.05, 3.63) is 24.3 Å². The molecule has 0 saturated carbocycles. The molecule has 9 heteroatoms. The molecule has 0 aromatic heterocycles. The van der Waals surface area contributed by atoms with E-state index in [2.05, 4.69) is 4.74 Å². The summed E-state index contributed by atoms with van der Waals surface area (Å²) in [5, 5.41) is 0. The molecule has 2 rings (SSSR count). The number of nitrogens with zero attached hydrogens (tertiary/aromatic N) is 2. The standard InChI is InChI=1S/C20H30N2O6S/c1-4-21(13-12-19(23)27-3)20(24)16-10-14-22(15-11-16)29(25,26)18-8-6-17(7-9-18)28-5-2/h6-9,16H,4-5,10-15H2,1-3H3. The molecule has 0 N–H and O–H groups in total. The molecule has 1 aromatic rings. The highest BCUT2D eigenvalue weighted by atomic mass is 32.2. The first-order valence-corrected chi connectivity index (χ1v) is 11.4. The smallest absolute Gasteiger partial charge is 0.307 e. The predicted molar refractivity (Wildman–Crippen MR) is 108 cm³/mol. The van der Waals surface area contributed by atoms with Gasteiger partial charge >= 0.3 is 5.97 Å². The molecule has 1 amide bonds. The number of esters is 1. The molecule has 1 aliphatic rings. The van der Waals surface area contributed by atoms with Gasteiger partial charge in [-0.2, -0.15) is 4.31 Å². The van der Waals surface area contributed by atoms with Crippen molar-refractivity contribution in [2.75, 3.05) is 39.9 Å². The maximum atomic E-state index is 12.9. The molecule has 0 aliphatic carbocycles. The molecular weight excluding hydrogens is 396 g/mol. The third kappa shape index (κ3) is 5.93. The maximum Gasteiger partial charge on any atom is 0.307 e. The number of hydrogen-bond donors (Lipinski definition) is 0. The molecule has 1 aliphatic heterocycles. The van der Waals surface area contributed by atoms with Crippen LogP contribution in [0.1, 0.15) is 33.1 Å². The van der Waals surface area contributed by atoms with Crippen molar-refractivity contribution in [3.8, 4) is 5.75 Å². The normalized spacial score (nSPS) is 15.7. The van der Waals surface area contributed by atoms with Gasteiger partial charge in [-0.25, -0.2) is 8.42 Å². The van der Waals surface area contributed by atoms with E-state index in [1.807, 2.05) is 13.8 Å². The molecule has 0 radical (unpaired) electrons. The van der Waals surface area contributed by atoms with E-state index in [1.54, 1.807) is 29.2 Å². The van der Waals surface area contributed by atoms with Gasteiger partial charge in [-0.15, -0.1) is 0 Å². The van der Waals surface area contributed by atoms with Gasteiger partial charge in [0.1, 0.15) is 5.75 Å². The molecule has 1 heterocycles. The SMILES string of the molecule is CCOc1ccc(S(=O)(=O)N2CCC(C(=O)N(CC)CCC(=O)OC)CC2)cc1. The van der Waals surface area contributed by atoms with Crippen LogP contribution in [0, 0.1) is 5.92 Å². The van der Waals surface area contributed by atoms with Gasteiger partial charge in [-0.3, -0.25) is 9.59 Å². The zero-order valence-electron chi connectivity index (χ0n) is 17.3. The number of rotatable bonds is 9. The Morgan fingerprint density at radius 3 is 2.28 bits per heavy atom. The van der Waals surface area contributed by atoms with E-state index >= 15 is 0 Å². The van der Waals surface area contributed by atoms with Gasteiger partial charge in [-0.05, 0) is 51.0 Å². The summed E-state index contributed by atoms with van der Waals surface area (Å²) in [6.07, 6.45) is 1.08. The predicted octanol–water partition coefficient (Wildman–Crippen LogP) is 1.90. The first-order valence-electron chi connectivity index (χ1n) is 9.92. The van der Waals surface area contributed by atoms with E-state index in [4.69, 9.17) is 4.74 Å². The van der Waals surface area contributed by atoms with Crippen LogP contribution in [-0.4, -0.2) is 69.4 Å². The largest absolute Gasteiger partial charge is 0.494 e. The first-order chi connectivity index (χ1) is 13.8. The monoisotopic (exact) mass is 426 g/mol.